The third kappa shape index (κ3) is 3.02. The third-order valence-corrected chi connectivity index (χ3v) is 5.46. The highest BCUT2D eigenvalue weighted by Crippen LogP contribution is 2.27. The van der Waals surface area contributed by atoms with Crippen molar-refractivity contribution in [3.8, 4) is 5.69 Å². The van der Waals surface area contributed by atoms with Crippen LogP contribution in [-0.4, -0.2) is 19.2 Å². The molecule has 0 amide bonds. The molecule has 30 heavy (non-hydrogen) atoms. The molecule has 0 aliphatic heterocycles. The van der Waals surface area contributed by atoms with E-state index in [1.807, 2.05) is 61.5 Å². The molecule has 1 unspecified atom stereocenters. The monoisotopic (exact) mass is 415 g/mol. The topological polar surface area (TPSA) is 64.2 Å². The lowest BCUT2D eigenvalue weighted by Crippen LogP contribution is -2.25. The van der Waals surface area contributed by atoms with Gasteiger partial charge in [-0.2, -0.15) is 5.10 Å². The molecule has 5 aromatic rings. The summed E-state index contributed by atoms with van der Waals surface area (Å²) in [6.45, 7) is 2.02. The predicted octanol–water partition coefficient (Wildman–Crippen LogP) is 4.86. The van der Waals surface area contributed by atoms with Gasteiger partial charge in [0.1, 0.15) is 0 Å². The summed E-state index contributed by atoms with van der Waals surface area (Å²) >= 11 is 6.39. The van der Waals surface area contributed by atoms with Crippen molar-refractivity contribution in [2.24, 2.45) is 0 Å². The van der Waals surface area contributed by atoms with Gasteiger partial charge in [0.15, 0.2) is 5.65 Å². The van der Waals surface area contributed by atoms with Gasteiger partial charge < -0.3 is 5.32 Å². The van der Waals surface area contributed by atoms with Gasteiger partial charge in [-0.15, -0.1) is 0 Å². The number of nitrogens with zero attached hydrogens (tertiary/aromatic N) is 4. The number of nitrogens with one attached hydrogen (secondary N) is 1. The van der Waals surface area contributed by atoms with Gasteiger partial charge in [-0.25, -0.2) is 9.50 Å². The Kier molecular flexibility index (Phi) is 4.48. The standard InChI is InChI=1S/C23H18ClN5O/c1-15(27-19-10-11-26-28-13-12-25-22(19)28)20-14-16-6-5-9-18(24)21(16)23(30)29(20)17-7-3-2-4-8-17/h2-15,27H,1H3. The minimum absolute atomic E-state index is 0.145. The molecule has 0 aliphatic carbocycles. The van der Waals surface area contributed by atoms with E-state index in [1.165, 1.54) is 0 Å². The fourth-order valence-corrected chi connectivity index (χ4v) is 4.02. The minimum Gasteiger partial charge on any atom is -0.374 e. The summed E-state index contributed by atoms with van der Waals surface area (Å²) in [5.74, 6) is 0. The largest absolute Gasteiger partial charge is 0.374 e. The molecule has 0 radical (unpaired) electrons. The molecule has 2 aromatic carbocycles. The van der Waals surface area contributed by atoms with Crippen LogP contribution in [0.25, 0.3) is 22.1 Å². The average Bonchev–Trinajstić information content (AvgIpc) is 3.24. The maximum atomic E-state index is 13.5. The Labute approximate surface area is 177 Å². The van der Waals surface area contributed by atoms with E-state index in [4.69, 9.17) is 11.6 Å². The molecule has 0 fully saturated rings. The Balaban J connectivity index is 1.71. The van der Waals surface area contributed by atoms with Gasteiger partial charge >= 0.3 is 0 Å². The molecule has 5 rings (SSSR count). The van der Waals surface area contributed by atoms with Crippen LogP contribution in [0.1, 0.15) is 18.7 Å². The fourth-order valence-electron chi connectivity index (χ4n) is 3.76. The normalized spacial score (nSPS) is 12.3. The minimum atomic E-state index is -0.191. The van der Waals surface area contributed by atoms with Crippen molar-refractivity contribution in [2.45, 2.75) is 13.0 Å². The lowest BCUT2D eigenvalue weighted by Gasteiger charge is -2.22. The van der Waals surface area contributed by atoms with Crippen LogP contribution in [0.2, 0.25) is 5.02 Å². The summed E-state index contributed by atoms with van der Waals surface area (Å²) in [6, 6.07) is 18.8. The van der Waals surface area contributed by atoms with Crippen molar-refractivity contribution in [3.63, 3.8) is 0 Å². The number of rotatable bonds is 4. The SMILES string of the molecule is CC(Nc1ccnn2ccnc12)c1cc2cccc(Cl)c2c(=O)n1-c1ccccc1. The van der Waals surface area contributed by atoms with Gasteiger partial charge in [0.2, 0.25) is 0 Å². The number of anilines is 1. The molecule has 0 bridgehead atoms. The number of pyridine rings is 1. The molecule has 7 heteroatoms. The van der Waals surface area contributed by atoms with Crippen LogP contribution in [0.3, 0.4) is 0 Å². The van der Waals surface area contributed by atoms with Gasteiger partial charge in [-0.3, -0.25) is 9.36 Å². The van der Waals surface area contributed by atoms with Crippen LogP contribution < -0.4 is 10.9 Å². The molecule has 0 spiro atoms. The van der Waals surface area contributed by atoms with Crippen molar-refractivity contribution in [1.82, 2.24) is 19.2 Å². The van der Waals surface area contributed by atoms with Crippen molar-refractivity contribution >= 4 is 33.7 Å². The van der Waals surface area contributed by atoms with E-state index in [0.29, 0.717) is 10.4 Å². The van der Waals surface area contributed by atoms with E-state index in [0.717, 1.165) is 28.1 Å². The predicted molar refractivity (Wildman–Crippen MR) is 120 cm³/mol. The summed E-state index contributed by atoms with van der Waals surface area (Å²) in [4.78, 5) is 17.9. The van der Waals surface area contributed by atoms with Gasteiger partial charge in [0.05, 0.1) is 28.3 Å². The molecular weight excluding hydrogens is 398 g/mol. The number of fused-ring (bicyclic) bond motifs is 2. The average molecular weight is 416 g/mol. The van der Waals surface area contributed by atoms with Crippen molar-refractivity contribution in [3.05, 3.63) is 100 Å². The molecular formula is C23H18ClN5O. The van der Waals surface area contributed by atoms with Crippen LogP contribution in [0, 0.1) is 0 Å². The Morgan fingerprint density at radius 2 is 1.87 bits per heavy atom. The highest BCUT2D eigenvalue weighted by Gasteiger charge is 2.18. The van der Waals surface area contributed by atoms with Crippen molar-refractivity contribution in [1.29, 1.82) is 0 Å². The number of aromatic nitrogens is 4. The molecule has 1 N–H and O–H groups in total. The fraction of sp³-hybridized carbons (Fsp3) is 0.0870. The van der Waals surface area contributed by atoms with E-state index in [9.17, 15) is 4.79 Å². The van der Waals surface area contributed by atoms with Gasteiger partial charge in [-0.1, -0.05) is 41.9 Å². The lowest BCUT2D eigenvalue weighted by atomic mass is 10.1. The zero-order chi connectivity index (χ0) is 20.7. The second-order valence-electron chi connectivity index (χ2n) is 7.06. The van der Waals surface area contributed by atoms with E-state index >= 15 is 0 Å². The number of benzene rings is 2. The number of hydrogen-bond donors (Lipinski definition) is 1. The highest BCUT2D eigenvalue weighted by atomic mass is 35.5. The summed E-state index contributed by atoms with van der Waals surface area (Å²) in [7, 11) is 0. The van der Waals surface area contributed by atoms with Crippen LogP contribution in [0.4, 0.5) is 5.69 Å². The third-order valence-electron chi connectivity index (χ3n) is 5.15. The Morgan fingerprint density at radius 3 is 2.70 bits per heavy atom. The van der Waals surface area contributed by atoms with Gasteiger partial charge in [0.25, 0.3) is 5.56 Å². The Morgan fingerprint density at radius 1 is 1.03 bits per heavy atom. The van der Waals surface area contributed by atoms with Crippen LogP contribution >= 0.6 is 11.6 Å². The maximum Gasteiger partial charge on any atom is 0.264 e. The quantitative estimate of drug-likeness (QED) is 0.455. The van der Waals surface area contributed by atoms with Crippen LogP contribution in [0.5, 0.6) is 0 Å². The Hall–Kier alpha value is -3.64. The first-order chi connectivity index (χ1) is 14.6. The van der Waals surface area contributed by atoms with Crippen LogP contribution in [-0.2, 0) is 0 Å². The summed E-state index contributed by atoms with van der Waals surface area (Å²) in [5, 5.41) is 9.51. The molecule has 3 heterocycles. The van der Waals surface area contributed by atoms with Crippen LogP contribution in [0.15, 0.2) is 84.0 Å². The molecule has 3 aromatic heterocycles. The van der Waals surface area contributed by atoms with E-state index < -0.39 is 0 Å². The molecule has 1 atom stereocenters. The Bertz CT molecular complexity index is 1420. The molecule has 0 saturated carbocycles. The summed E-state index contributed by atoms with van der Waals surface area (Å²) < 4.78 is 3.43. The number of para-hydroxylation sites is 1. The van der Waals surface area contributed by atoms with Gasteiger partial charge in [-0.05, 0) is 42.6 Å². The molecule has 0 saturated heterocycles. The number of halogens is 1. The number of hydrogen-bond acceptors (Lipinski definition) is 4. The summed E-state index contributed by atoms with van der Waals surface area (Å²) in [5.41, 5.74) is 3.02. The molecule has 6 nitrogen and oxygen atoms in total. The first-order valence-corrected chi connectivity index (χ1v) is 9.96. The second-order valence-corrected chi connectivity index (χ2v) is 7.46. The summed E-state index contributed by atoms with van der Waals surface area (Å²) in [6.07, 6.45) is 5.22. The second kappa shape index (κ2) is 7.31. The van der Waals surface area contributed by atoms with Crippen molar-refractivity contribution < 1.29 is 0 Å². The maximum absolute atomic E-state index is 13.5. The van der Waals surface area contributed by atoms with Crippen molar-refractivity contribution in [2.75, 3.05) is 5.32 Å². The van der Waals surface area contributed by atoms with E-state index in [-0.39, 0.29) is 11.6 Å². The van der Waals surface area contributed by atoms with Gasteiger partial charge in [0, 0.05) is 23.8 Å². The smallest absolute Gasteiger partial charge is 0.264 e. The lowest BCUT2D eigenvalue weighted by molar-refractivity contribution is 0.776. The zero-order valence-electron chi connectivity index (χ0n) is 16.2. The molecule has 148 valence electrons. The number of imidazole rings is 1. The van der Waals surface area contributed by atoms with E-state index in [1.54, 1.807) is 33.7 Å². The zero-order valence-corrected chi connectivity index (χ0v) is 16.9. The first-order valence-electron chi connectivity index (χ1n) is 9.58. The first kappa shape index (κ1) is 18.4. The highest BCUT2D eigenvalue weighted by molar-refractivity contribution is 6.35. The molecule has 0 aliphatic rings. The van der Waals surface area contributed by atoms with E-state index in [2.05, 4.69) is 15.4 Å².